The van der Waals surface area contributed by atoms with E-state index in [9.17, 15) is 0 Å². The Morgan fingerprint density at radius 1 is 1.35 bits per heavy atom. The summed E-state index contributed by atoms with van der Waals surface area (Å²) in [6, 6.07) is 7.33. The molecule has 2 rings (SSSR count). The van der Waals surface area contributed by atoms with Gasteiger partial charge in [-0.05, 0) is 12.1 Å². The molecule has 2 aromatic rings. The Morgan fingerprint density at radius 3 is 2.90 bits per heavy atom. The molecular formula is C13H13Cl2N3OS. The summed E-state index contributed by atoms with van der Waals surface area (Å²) in [6.07, 6.45) is 1.85. The highest BCUT2D eigenvalue weighted by molar-refractivity contribution is 7.99. The monoisotopic (exact) mass is 329 g/mol. The molecule has 0 fully saturated rings. The number of benzene rings is 1. The van der Waals surface area contributed by atoms with Crippen molar-refractivity contribution in [3.63, 3.8) is 0 Å². The van der Waals surface area contributed by atoms with Gasteiger partial charge in [0.1, 0.15) is 12.4 Å². The first kappa shape index (κ1) is 15.2. The van der Waals surface area contributed by atoms with Gasteiger partial charge in [-0.1, -0.05) is 53.2 Å². The molecule has 4 nitrogen and oxygen atoms in total. The zero-order valence-corrected chi connectivity index (χ0v) is 13.1. The predicted molar refractivity (Wildman–Crippen MR) is 82.5 cm³/mol. The number of ether oxygens (including phenoxy) is 1. The van der Waals surface area contributed by atoms with E-state index in [4.69, 9.17) is 27.9 Å². The number of hydrogen-bond donors (Lipinski definition) is 0. The lowest BCUT2D eigenvalue weighted by Crippen LogP contribution is -2.04. The van der Waals surface area contributed by atoms with E-state index in [0.717, 1.165) is 16.7 Å². The van der Waals surface area contributed by atoms with Gasteiger partial charge in [0.15, 0.2) is 11.0 Å². The zero-order chi connectivity index (χ0) is 14.4. The number of thioether (sulfide) groups is 1. The molecule has 1 aromatic carbocycles. The molecule has 0 radical (unpaired) electrons. The van der Waals surface area contributed by atoms with Gasteiger partial charge in [0.25, 0.3) is 0 Å². The molecule has 0 atom stereocenters. The van der Waals surface area contributed by atoms with Gasteiger partial charge < -0.3 is 9.30 Å². The lowest BCUT2D eigenvalue weighted by Gasteiger charge is -2.07. The minimum atomic E-state index is 0.319. The highest BCUT2D eigenvalue weighted by Gasteiger charge is 2.10. The Morgan fingerprint density at radius 2 is 2.15 bits per heavy atom. The van der Waals surface area contributed by atoms with E-state index >= 15 is 0 Å². The molecule has 0 bridgehead atoms. The summed E-state index contributed by atoms with van der Waals surface area (Å²) in [7, 11) is 1.90. The summed E-state index contributed by atoms with van der Waals surface area (Å²) in [5.74, 6) is 2.12. The first-order chi connectivity index (χ1) is 9.72. The second-order valence-electron chi connectivity index (χ2n) is 3.85. The minimum absolute atomic E-state index is 0.319. The van der Waals surface area contributed by atoms with Crippen LogP contribution >= 0.6 is 35.0 Å². The van der Waals surface area contributed by atoms with E-state index in [0.29, 0.717) is 17.4 Å². The van der Waals surface area contributed by atoms with Crippen molar-refractivity contribution in [2.75, 3.05) is 5.75 Å². The van der Waals surface area contributed by atoms with Gasteiger partial charge in [-0.25, -0.2) is 0 Å². The summed E-state index contributed by atoms with van der Waals surface area (Å²) in [5, 5.41) is 9.61. The minimum Gasteiger partial charge on any atom is -0.484 e. The van der Waals surface area contributed by atoms with Gasteiger partial charge >= 0.3 is 0 Å². The molecule has 0 aliphatic carbocycles. The Hall–Kier alpha value is -1.17. The third kappa shape index (κ3) is 3.91. The molecule has 1 aromatic heterocycles. The molecule has 0 saturated heterocycles. The SMILES string of the molecule is Cn1c(COc2ccccc2Cl)nnc1SC/C=C/Cl. The molecule has 20 heavy (non-hydrogen) atoms. The fourth-order valence-electron chi connectivity index (χ4n) is 1.46. The van der Waals surface area contributed by atoms with E-state index in [1.807, 2.05) is 35.9 Å². The van der Waals surface area contributed by atoms with E-state index < -0.39 is 0 Å². The maximum Gasteiger partial charge on any atom is 0.191 e. The van der Waals surface area contributed by atoms with E-state index in [-0.39, 0.29) is 0 Å². The van der Waals surface area contributed by atoms with Crippen LogP contribution in [0.25, 0.3) is 0 Å². The van der Waals surface area contributed by atoms with Gasteiger partial charge in [-0.15, -0.1) is 10.2 Å². The number of halogens is 2. The maximum absolute atomic E-state index is 6.03. The highest BCUT2D eigenvalue weighted by Crippen LogP contribution is 2.24. The van der Waals surface area contributed by atoms with Gasteiger partial charge in [-0.2, -0.15) is 0 Å². The second kappa shape index (κ2) is 7.57. The van der Waals surface area contributed by atoms with Gasteiger partial charge in [0.2, 0.25) is 0 Å². The number of nitrogens with zero attached hydrogens (tertiary/aromatic N) is 3. The molecule has 1 heterocycles. The van der Waals surface area contributed by atoms with Crippen molar-refractivity contribution in [3.05, 3.63) is 46.7 Å². The molecule has 7 heteroatoms. The van der Waals surface area contributed by atoms with Crippen molar-refractivity contribution in [3.8, 4) is 5.75 Å². The molecule has 0 aliphatic heterocycles. The van der Waals surface area contributed by atoms with Crippen LogP contribution in [-0.2, 0) is 13.7 Å². The fraction of sp³-hybridized carbons (Fsp3) is 0.231. The average Bonchev–Trinajstić information content (AvgIpc) is 2.80. The van der Waals surface area contributed by atoms with Crippen molar-refractivity contribution < 1.29 is 4.74 Å². The summed E-state index contributed by atoms with van der Waals surface area (Å²) in [4.78, 5) is 0. The molecule has 0 unspecified atom stereocenters. The number of para-hydroxylation sites is 1. The van der Waals surface area contributed by atoms with Crippen molar-refractivity contribution in [1.82, 2.24) is 14.8 Å². The van der Waals surface area contributed by atoms with Crippen molar-refractivity contribution >= 4 is 35.0 Å². The van der Waals surface area contributed by atoms with E-state index in [1.165, 1.54) is 5.54 Å². The first-order valence-corrected chi connectivity index (χ1v) is 7.66. The molecule has 106 valence electrons. The lowest BCUT2D eigenvalue weighted by atomic mass is 10.3. The lowest BCUT2D eigenvalue weighted by molar-refractivity contribution is 0.290. The van der Waals surface area contributed by atoms with Crippen LogP contribution in [0.5, 0.6) is 5.75 Å². The summed E-state index contributed by atoms with van der Waals surface area (Å²) in [6.45, 7) is 0.319. The smallest absolute Gasteiger partial charge is 0.191 e. The standard InChI is InChI=1S/C13H13Cl2N3OS/c1-18-12(16-17-13(18)20-8-4-7-14)9-19-11-6-3-2-5-10(11)15/h2-7H,8-9H2,1H3/b7-4+. The maximum atomic E-state index is 6.03. The Balaban J connectivity index is 1.98. The summed E-state index contributed by atoms with van der Waals surface area (Å²) >= 11 is 13.1. The van der Waals surface area contributed by atoms with Crippen LogP contribution in [0, 0.1) is 0 Å². The van der Waals surface area contributed by atoms with E-state index in [2.05, 4.69) is 10.2 Å². The normalized spacial score (nSPS) is 11.2. The average molecular weight is 330 g/mol. The van der Waals surface area contributed by atoms with Crippen LogP contribution in [-0.4, -0.2) is 20.5 Å². The van der Waals surface area contributed by atoms with Crippen LogP contribution in [0.1, 0.15) is 5.82 Å². The fourth-order valence-corrected chi connectivity index (χ4v) is 2.58. The van der Waals surface area contributed by atoms with Gasteiger partial charge in [0, 0.05) is 18.3 Å². The Kier molecular flexibility index (Phi) is 5.76. The largest absolute Gasteiger partial charge is 0.484 e. The highest BCUT2D eigenvalue weighted by atomic mass is 35.5. The number of aromatic nitrogens is 3. The topological polar surface area (TPSA) is 39.9 Å². The molecule has 0 N–H and O–H groups in total. The summed E-state index contributed by atoms with van der Waals surface area (Å²) in [5.41, 5.74) is 1.49. The molecule has 0 aliphatic rings. The molecular weight excluding hydrogens is 317 g/mol. The quantitative estimate of drug-likeness (QED) is 0.754. The van der Waals surface area contributed by atoms with Gasteiger partial charge in [-0.3, -0.25) is 0 Å². The van der Waals surface area contributed by atoms with E-state index in [1.54, 1.807) is 17.8 Å². The van der Waals surface area contributed by atoms with Crippen molar-refractivity contribution in [2.24, 2.45) is 7.05 Å². The van der Waals surface area contributed by atoms with Crippen LogP contribution in [0.15, 0.2) is 41.0 Å². The Labute approximate surface area is 131 Å². The van der Waals surface area contributed by atoms with Gasteiger partial charge in [0.05, 0.1) is 5.02 Å². The van der Waals surface area contributed by atoms with Crippen LogP contribution in [0.2, 0.25) is 5.02 Å². The molecule has 0 saturated carbocycles. The Bertz CT molecular complexity index is 601. The van der Waals surface area contributed by atoms with Crippen molar-refractivity contribution in [1.29, 1.82) is 0 Å². The third-order valence-corrected chi connectivity index (χ3v) is 3.98. The third-order valence-electron chi connectivity index (χ3n) is 2.52. The van der Waals surface area contributed by atoms with Crippen LogP contribution in [0.4, 0.5) is 0 Å². The molecule has 0 amide bonds. The second-order valence-corrected chi connectivity index (χ2v) is 5.50. The zero-order valence-electron chi connectivity index (χ0n) is 10.8. The molecule has 0 spiro atoms. The number of rotatable bonds is 6. The number of hydrogen-bond acceptors (Lipinski definition) is 4. The van der Waals surface area contributed by atoms with Crippen molar-refractivity contribution in [2.45, 2.75) is 11.8 Å². The van der Waals surface area contributed by atoms with Crippen LogP contribution in [0.3, 0.4) is 0 Å². The summed E-state index contributed by atoms with van der Waals surface area (Å²) < 4.78 is 7.54. The van der Waals surface area contributed by atoms with Crippen LogP contribution < -0.4 is 4.74 Å². The predicted octanol–water partition coefficient (Wildman–Crippen LogP) is 3.89. The first-order valence-electron chi connectivity index (χ1n) is 5.86.